The Bertz CT molecular complexity index is 506. The predicted molar refractivity (Wildman–Crippen MR) is 72.2 cm³/mol. The average Bonchev–Trinajstić information content (AvgIpc) is 2.32. The molecule has 2 rings (SSSR count). The average molecular weight is 226 g/mol. The lowest BCUT2D eigenvalue weighted by molar-refractivity contribution is 0.871. The van der Waals surface area contributed by atoms with Gasteiger partial charge in [-0.15, -0.1) is 0 Å². The van der Waals surface area contributed by atoms with Gasteiger partial charge in [0.2, 0.25) is 0 Å². The molecule has 0 bridgehead atoms. The highest BCUT2D eigenvalue weighted by Crippen LogP contribution is 2.23. The highest BCUT2D eigenvalue weighted by atomic mass is 14.9. The van der Waals surface area contributed by atoms with Crippen LogP contribution in [-0.4, -0.2) is 4.98 Å². The zero-order valence-corrected chi connectivity index (χ0v) is 10.6. The predicted octanol–water partition coefficient (Wildman–Crippen LogP) is 3.87. The monoisotopic (exact) mass is 226 g/mol. The smallest absolute Gasteiger partial charge is 0.0488 e. The van der Waals surface area contributed by atoms with Crippen molar-refractivity contribution in [3.63, 3.8) is 0 Å². The third-order valence-electron chi connectivity index (χ3n) is 3.05. The van der Waals surface area contributed by atoms with Gasteiger partial charge in [0.15, 0.2) is 0 Å². The van der Waals surface area contributed by atoms with Gasteiger partial charge in [0, 0.05) is 24.1 Å². The van der Waals surface area contributed by atoms with Gasteiger partial charge in [-0.25, -0.2) is 0 Å². The fourth-order valence-corrected chi connectivity index (χ4v) is 2.02. The Balaban J connectivity index is 2.20. The van der Waals surface area contributed by atoms with Crippen LogP contribution in [0, 0.1) is 13.8 Å². The molecule has 88 valence electrons. The minimum atomic E-state index is 0.303. The normalized spacial score (nSPS) is 12.2. The molecule has 0 aliphatic heterocycles. The van der Waals surface area contributed by atoms with Crippen LogP contribution in [-0.2, 0) is 0 Å². The van der Waals surface area contributed by atoms with Crippen molar-refractivity contribution in [2.75, 3.05) is 5.32 Å². The zero-order chi connectivity index (χ0) is 12.3. The molecule has 1 aromatic heterocycles. The lowest BCUT2D eigenvalue weighted by Gasteiger charge is -2.18. The lowest BCUT2D eigenvalue weighted by Crippen LogP contribution is -2.09. The number of benzene rings is 1. The summed E-state index contributed by atoms with van der Waals surface area (Å²) in [6, 6.07) is 10.8. The topological polar surface area (TPSA) is 24.9 Å². The summed E-state index contributed by atoms with van der Waals surface area (Å²) < 4.78 is 0. The van der Waals surface area contributed by atoms with E-state index in [1.165, 1.54) is 16.7 Å². The SMILES string of the molecule is Cc1cnccc1NC(C)c1ccccc1C. The summed E-state index contributed by atoms with van der Waals surface area (Å²) in [4.78, 5) is 4.10. The Kier molecular flexibility index (Phi) is 3.43. The first-order valence-electron chi connectivity index (χ1n) is 5.91. The third-order valence-corrected chi connectivity index (χ3v) is 3.05. The van der Waals surface area contributed by atoms with Crippen LogP contribution < -0.4 is 5.32 Å². The Hall–Kier alpha value is -1.83. The molecule has 2 nitrogen and oxygen atoms in total. The van der Waals surface area contributed by atoms with Crippen LogP contribution in [0.5, 0.6) is 0 Å². The minimum Gasteiger partial charge on any atom is -0.378 e. The number of rotatable bonds is 3. The molecular weight excluding hydrogens is 208 g/mol. The van der Waals surface area contributed by atoms with E-state index in [1.54, 1.807) is 0 Å². The maximum Gasteiger partial charge on any atom is 0.0488 e. The largest absolute Gasteiger partial charge is 0.378 e. The van der Waals surface area contributed by atoms with E-state index in [2.05, 4.69) is 55.3 Å². The van der Waals surface area contributed by atoms with Gasteiger partial charge in [-0.1, -0.05) is 24.3 Å². The standard InChI is InChI=1S/C15H18N2/c1-11-6-4-5-7-14(11)13(3)17-15-8-9-16-10-12(15)2/h4-10,13H,1-3H3,(H,16,17). The Morgan fingerprint density at radius 2 is 1.82 bits per heavy atom. The van der Waals surface area contributed by atoms with Crippen molar-refractivity contribution < 1.29 is 0 Å². The lowest BCUT2D eigenvalue weighted by atomic mass is 10.0. The molecule has 2 heteroatoms. The highest BCUT2D eigenvalue weighted by Gasteiger charge is 2.08. The summed E-state index contributed by atoms with van der Waals surface area (Å²) >= 11 is 0. The molecule has 0 aliphatic rings. The maximum atomic E-state index is 4.10. The van der Waals surface area contributed by atoms with E-state index in [9.17, 15) is 0 Å². The molecule has 0 saturated carbocycles. The fraction of sp³-hybridized carbons (Fsp3) is 0.267. The molecule has 1 unspecified atom stereocenters. The summed E-state index contributed by atoms with van der Waals surface area (Å²) in [5.74, 6) is 0. The van der Waals surface area contributed by atoms with Crippen molar-refractivity contribution in [3.05, 3.63) is 59.4 Å². The maximum absolute atomic E-state index is 4.10. The van der Waals surface area contributed by atoms with E-state index in [-0.39, 0.29) is 0 Å². The second-order valence-corrected chi connectivity index (χ2v) is 4.41. The van der Waals surface area contributed by atoms with Gasteiger partial charge in [0.1, 0.15) is 0 Å². The molecule has 1 aromatic carbocycles. The fourth-order valence-electron chi connectivity index (χ4n) is 2.02. The third kappa shape index (κ3) is 2.64. The molecule has 0 saturated heterocycles. The summed E-state index contributed by atoms with van der Waals surface area (Å²) in [6.07, 6.45) is 3.70. The quantitative estimate of drug-likeness (QED) is 0.859. The van der Waals surface area contributed by atoms with Gasteiger partial charge in [-0.2, -0.15) is 0 Å². The zero-order valence-electron chi connectivity index (χ0n) is 10.6. The Morgan fingerprint density at radius 1 is 1.06 bits per heavy atom. The van der Waals surface area contributed by atoms with Crippen molar-refractivity contribution in [1.82, 2.24) is 4.98 Å². The number of nitrogens with one attached hydrogen (secondary N) is 1. The number of hydrogen-bond donors (Lipinski definition) is 1. The summed E-state index contributed by atoms with van der Waals surface area (Å²) in [6.45, 7) is 6.40. The van der Waals surface area contributed by atoms with Gasteiger partial charge in [0.25, 0.3) is 0 Å². The molecule has 0 aliphatic carbocycles. The van der Waals surface area contributed by atoms with E-state index in [0.717, 1.165) is 5.69 Å². The second-order valence-electron chi connectivity index (χ2n) is 4.41. The molecule has 1 atom stereocenters. The van der Waals surface area contributed by atoms with Gasteiger partial charge in [-0.3, -0.25) is 4.98 Å². The Labute approximate surface area is 103 Å². The van der Waals surface area contributed by atoms with Gasteiger partial charge >= 0.3 is 0 Å². The number of pyridine rings is 1. The highest BCUT2D eigenvalue weighted by molar-refractivity contribution is 5.50. The first kappa shape index (κ1) is 11.6. The van der Waals surface area contributed by atoms with Gasteiger partial charge < -0.3 is 5.32 Å². The van der Waals surface area contributed by atoms with E-state index in [4.69, 9.17) is 0 Å². The number of nitrogens with zero attached hydrogens (tertiary/aromatic N) is 1. The first-order valence-corrected chi connectivity index (χ1v) is 5.91. The second kappa shape index (κ2) is 5.00. The van der Waals surface area contributed by atoms with Crippen LogP contribution in [0.15, 0.2) is 42.7 Å². The molecule has 2 aromatic rings. The first-order chi connectivity index (χ1) is 8.18. The van der Waals surface area contributed by atoms with Gasteiger partial charge in [0.05, 0.1) is 0 Å². The van der Waals surface area contributed by atoms with Crippen LogP contribution in [0.4, 0.5) is 5.69 Å². The van der Waals surface area contributed by atoms with Gasteiger partial charge in [-0.05, 0) is 43.5 Å². The molecular formula is C15H18N2. The van der Waals surface area contributed by atoms with E-state index in [1.807, 2.05) is 18.5 Å². The summed E-state index contributed by atoms with van der Waals surface area (Å²) in [5, 5.41) is 3.53. The Morgan fingerprint density at radius 3 is 2.53 bits per heavy atom. The molecule has 1 N–H and O–H groups in total. The van der Waals surface area contributed by atoms with Crippen LogP contribution in [0.25, 0.3) is 0 Å². The van der Waals surface area contributed by atoms with E-state index in [0.29, 0.717) is 6.04 Å². The molecule has 0 fully saturated rings. The van der Waals surface area contributed by atoms with Crippen molar-refractivity contribution in [2.24, 2.45) is 0 Å². The number of aryl methyl sites for hydroxylation is 2. The molecule has 17 heavy (non-hydrogen) atoms. The molecule has 0 spiro atoms. The van der Waals surface area contributed by atoms with Crippen molar-refractivity contribution in [2.45, 2.75) is 26.8 Å². The number of anilines is 1. The van der Waals surface area contributed by atoms with Crippen LogP contribution >= 0.6 is 0 Å². The van der Waals surface area contributed by atoms with Crippen LogP contribution in [0.2, 0.25) is 0 Å². The van der Waals surface area contributed by atoms with Crippen molar-refractivity contribution in [3.8, 4) is 0 Å². The van der Waals surface area contributed by atoms with Crippen LogP contribution in [0.1, 0.15) is 29.7 Å². The minimum absolute atomic E-state index is 0.303. The summed E-state index contributed by atoms with van der Waals surface area (Å²) in [5.41, 5.74) is 4.98. The number of aromatic nitrogens is 1. The molecule has 0 radical (unpaired) electrons. The number of hydrogen-bond acceptors (Lipinski definition) is 2. The van der Waals surface area contributed by atoms with E-state index < -0.39 is 0 Å². The van der Waals surface area contributed by atoms with E-state index >= 15 is 0 Å². The van der Waals surface area contributed by atoms with Crippen LogP contribution in [0.3, 0.4) is 0 Å². The summed E-state index contributed by atoms with van der Waals surface area (Å²) in [7, 11) is 0. The van der Waals surface area contributed by atoms with Crippen molar-refractivity contribution in [1.29, 1.82) is 0 Å². The molecule has 0 amide bonds. The van der Waals surface area contributed by atoms with Crippen molar-refractivity contribution >= 4 is 5.69 Å². The molecule has 1 heterocycles.